The van der Waals surface area contributed by atoms with Gasteiger partial charge in [0.2, 0.25) is 0 Å². The summed E-state index contributed by atoms with van der Waals surface area (Å²) in [4.78, 5) is 51.7. The van der Waals surface area contributed by atoms with E-state index in [0.29, 0.717) is 35.6 Å². The molecule has 1 N–H and O–H groups in total. The van der Waals surface area contributed by atoms with Gasteiger partial charge in [-0.1, -0.05) is 57.5 Å². The largest absolute Gasteiger partial charge is 0.462 e. The summed E-state index contributed by atoms with van der Waals surface area (Å²) in [6.45, 7) is 8.30. The molecule has 0 fully saturated rings. The van der Waals surface area contributed by atoms with Crippen molar-refractivity contribution in [2.24, 2.45) is 0 Å². The van der Waals surface area contributed by atoms with Crippen molar-refractivity contribution in [3.05, 3.63) is 100 Å². The van der Waals surface area contributed by atoms with Crippen molar-refractivity contribution in [1.29, 1.82) is 0 Å². The van der Waals surface area contributed by atoms with E-state index in [0.717, 1.165) is 10.5 Å². The molecule has 8 nitrogen and oxygen atoms in total. The van der Waals surface area contributed by atoms with Gasteiger partial charge in [-0.15, -0.1) is 0 Å². The van der Waals surface area contributed by atoms with Crippen molar-refractivity contribution in [2.45, 2.75) is 39.5 Å². The zero-order valence-corrected chi connectivity index (χ0v) is 23.4. The lowest BCUT2D eigenvalue weighted by Gasteiger charge is -2.22. The van der Waals surface area contributed by atoms with Gasteiger partial charge in [-0.05, 0) is 66.4 Å². The molecule has 3 aromatic carbocycles. The SMILES string of the molecule is CCCOC(=O)c1ccc(N2C(=O)C(Cl)=C(Nc3ccc(C(=O)Oc4ccccc4C(C)(C)C)cc3)C2=O)cc1. The van der Waals surface area contributed by atoms with Gasteiger partial charge in [-0.3, -0.25) is 9.59 Å². The molecule has 0 bridgehead atoms. The van der Waals surface area contributed by atoms with Crippen LogP contribution in [0.2, 0.25) is 0 Å². The van der Waals surface area contributed by atoms with E-state index in [2.05, 4.69) is 5.32 Å². The van der Waals surface area contributed by atoms with Crippen LogP contribution in [0.3, 0.4) is 0 Å². The number of anilines is 2. The smallest absolute Gasteiger partial charge is 0.343 e. The number of hydrogen-bond acceptors (Lipinski definition) is 7. The molecule has 0 aliphatic carbocycles. The summed E-state index contributed by atoms with van der Waals surface area (Å²) < 4.78 is 10.8. The Kier molecular flexibility index (Phi) is 8.40. The number of benzene rings is 3. The number of carbonyl (C=O) groups is 4. The third-order valence-corrected chi connectivity index (χ3v) is 6.46. The first-order chi connectivity index (χ1) is 19.0. The van der Waals surface area contributed by atoms with Crippen molar-refractivity contribution in [3.63, 3.8) is 0 Å². The maximum atomic E-state index is 13.1. The molecule has 0 unspecified atom stereocenters. The Bertz CT molecular complexity index is 1490. The molecule has 0 aromatic heterocycles. The number of para-hydroxylation sites is 1. The van der Waals surface area contributed by atoms with E-state index in [9.17, 15) is 19.2 Å². The third-order valence-electron chi connectivity index (χ3n) is 6.11. The minimum Gasteiger partial charge on any atom is -0.462 e. The molecular formula is C31H29ClN2O6. The molecule has 4 rings (SSSR count). The summed E-state index contributed by atoms with van der Waals surface area (Å²) >= 11 is 6.24. The highest BCUT2D eigenvalue weighted by Crippen LogP contribution is 2.32. The molecule has 1 heterocycles. The summed E-state index contributed by atoms with van der Waals surface area (Å²) in [6, 6.07) is 19.6. The lowest BCUT2D eigenvalue weighted by molar-refractivity contribution is -0.120. The van der Waals surface area contributed by atoms with Gasteiger partial charge in [-0.25, -0.2) is 14.5 Å². The number of esters is 2. The van der Waals surface area contributed by atoms with E-state index in [1.165, 1.54) is 24.3 Å². The average Bonchev–Trinajstić information content (AvgIpc) is 3.14. The Labute approximate surface area is 237 Å². The number of imide groups is 1. The maximum Gasteiger partial charge on any atom is 0.343 e. The van der Waals surface area contributed by atoms with Gasteiger partial charge >= 0.3 is 11.9 Å². The standard InChI is InChI=1S/C31H29ClN2O6/c1-5-18-39-29(37)19-12-16-22(17-13-19)34-27(35)25(32)26(28(34)36)33-21-14-10-20(11-15-21)30(38)40-24-9-7-6-8-23(24)31(2,3)4/h6-17,33H,5,18H2,1-4H3. The topological polar surface area (TPSA) is 102 Å². The number of carbonyl (C=O) groups excluding carboxylic acids is 4. The van der Waals surface area contributed by atoms with Crippen LogP contribution in [0.1, 0.15) is 60.4 Å². The number of halogens is 1. The van der Waals surface area contributed by atoms with Crippen molar-refractivity contribution < 1.29 is 28.7 Å². The molecule has 206 valence electrons. The molecule has 0 atom stereocenters. The van der Waals surface area contributed by atoms with Crippen LogP contribution < -0.4 is 15.0 Å². The van der Waals surface area contributed by atoms with E-state index >= 15 is 0 Å². The number of rotatable bonds is 8. The highest BCUT2D eigenvalue weighted by molar-refractivity contribution is 6.53. The first-order valence-electron chi connectivity index (χ1n) is 12.8. The van der Waals surface area contributed by atoms with Crippen molar-refractivity contribution in [3.8, 4) is 5.75 Å². The minimum absolute atomic E-state index is 0.104. The zero-order valence-electron chi connectivity index (χ0n) is 22.6. The second kappa shape index (κ2) is 11.8. The summed E-state index contributed by atoms with van der Waals surface area (Å²) in [5.41, 5.74) is 1.90. The van der Waals surface area contributed by atoms with Gasteiger partial charge in [-0.2, -0.15) is 0 Å². The highest BCUT2D eigenvalue weighted by atomic mass is 35.5. The van der Waals surface area contributed by atoms with Gasteiger partial charge in [0.05, 0.1) is 23.4 Å². The van der Waals surface area contributed by atoms with E-state index in [4.69, 9.17) is 21.1 Å². The Morgan fingerprint density at radius 1 is 0.850 bits per heavy atom. The Balaban J connectivity index is 1.45. The lowest BCUT2D eigenvalue weighted by Crippen LogP contribution is -2.32. The van der Waals surface area contributed by atoms with Crippen LogP contribution in [-0.2, 0) is 19.7 Å². The fourth-order valence-corrected chi connectivity index (χ4v) is 4.25. The summed E-state index contributed by atoms with van der Waals surface area (Å²) in [5.74, 6) is -1.88. The molecule has 40 heavy (non-hydrogen) atoms. The summed E-state index contributed by atoms with van der Waals surface area (Å²) in [6.07, 6.45) is 0.694. The van der Waals surface area contributed by atoms with Crippen molar-refractivity contribution >= 4 is 46.7 Å². The second-order valence-electron chi connectivity index (χ2n) is 10.2. The first-order valence-corrected chi connectivity index (χ1v) is 13.1. The molecule has 1 aliphatic heterocycles. The fraction of sp³-hybridized carbons (Fsp3) is 0.226. The Hall–Kier alpha value is -4.43. The number of nitrogens with one attached hydrogen (secondary N) is 1. The normalized spacial score (nSPS) is 13.5. The monoisotopic (exact) mass is 560 g/mol. The number of nitrogens with zero attached hydrogens (tertiary/aromatic N) is 1. The van der Waals surface area contributed by atoms with Gasteiger partial charge in [0.1, 0.15) is 16.5 Å². The van der Waals surface area contributed by atoms with Crippen LogP contribution in [0, 0.1) is 0 Å². The first kappa shape index (κ1) is 28.6. The molecule has 3 aromatic rings. The molecule has 9 heteroatoms. The van der Waals surface area contributed by atoms with Gasteiger partial charge in [0.15, 0.2) is 0 Å². The highest BCUT2D eigenvalue weighted by Gasteiger charge is 2.39. The molecule has 2 amide bonds. The second-order valence-corrected chi connectivity index (χ2v) is 10.5. The quantitative estimate of drug-likeness (QED) is 0.199. The molecule has 0 radical (unpaired) electrons. The third kappa shape index (κ3) is 6.07. The molecule has 0 saturated carbocycles. The Morgan fingerprint density at radius 3 is 2.08 bits per heavy atom. The maximum absolute atomic E-state index is 13.1. The molecule has 1 aliphatic rings. The van der Waals surface area contributed by atoms with Crippen LogP contribution in [0.5, 0.6) is 5.75 Å². The van der Waals surface area contributed by atoms with E-state index in [1.807, 2.05) is 39.8 Å². The van der Waals surface area contributed by atoms with Gasteiger partial charge in [0, 0.05) is 11.3 Å². The number of hydrogen-bond donors (Lipinski definition) is 1. The predicted octanol–water partition coefficient (Wildman–Crippen LogP) is 6.21. The fourth-order valence-electron chi connectivity index (χ4n) is 4.04. The van der Waals surface area contributed by atoms with E-state index in [1.54, 1.807) is 36.4 Å². The summed E-state index contributed by atoms with van der Waals surface area (Å²) in [5, 5.41) is 2.60. The zero-order chi connectivity index (χ0) is 29.0. The minimum atomic E-state index is -0.701. The molecule has 0 spiro atoms. The molecular weight excluding hydrogens is 532 g/mol. The van der Waals surface area contributed by atoms with Crippen LogP contribution in [0.15, 0.2) is 83.5 Å². The van der Waals surface area contributed by atoms with Crippen LogP contribution in [0.4, 0.5) is 11.4 Å². The van der Waals surface area contributed by atoms with Crippen LogP contribution in [-0.4, -0.2) is 30.4 Å². The average molecular weight is 561 g/mol. The van der Waals surface area contributed by atoms with Crippen molar-refractivity contribution in [2.75, 3.05) is 16.8 Å². The van der Waals surface area contributed by atoms with Crippen LogP contribution in [0.25, 0.3) is 0 Å². The van der Waals surface area contributed by atoms with Crippen LogP contribution >= 0.6 is 11.6 Å². The van der Waals surface area contributed by atoms with Crippen molar-refractivity contribution in [1.82, 2.24) is 0 Å². The van der Waals surface area contributed by atoms with Gasteiger partial charge in [0.25, 0.3) is 11.8 Å². The molecule has 0 saturated heterocycles. The summed E-state index contributed by atoms with van der Waals surface area (Å²) in [7, 11) is 0. The van der Waals surface area contributed by atoms with E-state index < -0.39 is 23.8 Å². The Morgan fingerprint density at radius 2 is 1.45 bits per heavy atom. The number of ether oxygens (including phenoxy) is 2. The lowest BCUT2D eigenvalue weighted by atomic mass is 9.86. The predicted molar refractivity (Wildman–Crippen MR) is 153 cm³/mol. The van der Waals surface area contributed by atoms with E-state index in [-0.39, 0.29) is 21.8 Å². The van der Waals surface area contributed by atoms with Gasteiger partial charge < -0.3 is 14.8 Å². The number of amides is 2.